The van der Waals surface area contributed by atoms with Crippen LogP contribution >= 0.6 is 0 Å². The van der Waals surface area contributed by atoms with Crippen LogP contribution in [-0.4, -0.2) is 48.8 Å². The summed E-state index contributed by atoms with van der Waals surface area (Å²) in [5.74, 6) is -0.270. The molecule has 0 amide bonds. The van der Waals surface area contributed by atoms with Gasteiger partial charge in [-0.2, -0.15) is 0 Å². The summed E-state index contributed by atoms with van der Waals surface area (Å²) in [5, 5.41) is 0. The van der Waals surface area contributed by atoms with E-state index < -0.39 is 0 Å². The van der Waals surface area contributed by atoms with Crippen LogP contribution in [0.3, 0.4) is 0 Å². The zero-order valence-electron chi connectivity index (χ0n) is 11.2. The maximum atomic E-state index is 11.1. The Balaban J connectivity index is 2.39. The molecule has 4 heteroatoms. The lowest BCUT2D eigenvalue weighted by Crippen LogP contribution is -2.51. The molecule has 0 aromatic rings. The average Bonchev–Trinajstić information content (AvgIpc) is 2.14. The molecule has 0 aliphatic carbocycles. The second-order valence-corrected chi connectivity index (χ2v) is 5.04. The fourth-order valence-electron chi connectivity index (χ4n) is 2.21. The normalized spacial score (nSPS) is 25.1. The molecule has 1 rings (SSSR count). The van der Waals surface area contributed by atoms with E-state index in [0.717, 1.165) is 19.6 Å². The van der Waals surface area contributed by atoms with Crippen LogP contribution in [0.4, 0.5) is 0 Å². The number of carbonyl (C=O) groups excluding carboxylic acids is 1. The third-order valence-corrected chi connectivity index (χ3v) is 2.54. The van der Waals surface area contributed by atoms with Crippen molar-refractivity contribution in [3.05, 3.63) is 12.2 Å². The van der Waals surface area contributed by atoms with Crippen molar-refractivity contribution in [2.45, 2.75) is 39.4 Å². The third-order valence-electron chi connectivity index (χ3n) is 2.54. The fourth-order valence-corrected chi connectivity index (χ4v) is 2.21. The summed E-state index contributed by atoms with van der Waals surface area (Å²) in [6.45, 7) is 11.0. The predicted octanol–water partition coefficient (Wildman–Crippen LogP) is 1.60. The topological polar surface area (TPSA) is 38.8 Å². The van der Waals surface area contributed by atoms with E-state index in [0.29, 0.717) is 6.61 Å². The van der Waals surface area contributed by atoms with Gasteiger partial charge in [-0.15, -0.1) is 0 Å². The van der Waals surface area contributed by atoms with E-state index in [1.165, 1.54) is 6.08 Å². The number of ether oxygens (including phenoxy) is 2. The Morgan fingerprint density at radius 1 is 1.59 bits per heavy atom. The van der Waals surface area contributed by atoms with Gasteiger partial charge in [0.2, 0.25) is 0 Å². The van der Waals surface area contributed by atoms with Gasteiger partial charge in [0.25, 0.3) is 0 Å². The molecule has 0 saturated carbocycles. The van der Waals surface area contributed by atoms with E-state index in [-0.39, 0.29) is 17.7 Å². The molecule has 17 heavy (non-hydrogen) atoms. The molecule has 1 fully saturated rings. The molecule has 1 aliphatic rings. The Labute approximate surface area is 104 Å². The molecule has 0 spiro atoms. The van der Waals surface area contributed by atoms with Crippen molar-refractivity contribution in [3.63, 3.8) is 0 Å². The Morgan fingerprint density at radius 2 is 2.29 bits per heavy atom. The first kappa shape index (κ1) is 14.2. The number of hydrogen-bond acceptors (Lipinski definition) is 4. The summed E-state index contributed by atoms with van der Waals surface area (Å²) in [6.07, 6.45) is 3.58. The van der Waals surface area contributed by atoms with Crippen LogP contribution in [0.15, 0.2) is 12.2 Å². The molecule has 98 valence electrons. The van der Waals surface area contributed by atoms with Crippen LogP contribution in [0.5, 0.6) is 0 Å². The lowest BCUT2D eigenvalue weighted by Gasteiger charge is -2.41. The Bertz CT molecular complexity index is 286. The molecule has 4 nitrogen and oxygen atoms in total. The Hall–Kier alpha value is -0.870. The van der Waals surface area contributed by atoms with Crippen LogP contribution in [0, 0.1) is 0 Å². The average molecular weight is 241 g/mol. The maximum absolute atomic E-state index is 11.1. The highest BCUT2D eigenvalue weighted by Gasteiger charge is 2.30. The summed E-state index contributed by atoms with van der Waals surface area (Å²) in [4.78, 5) is 13.4. The molecular weight excluding hydrogens is 218 g/mol. The highest BCUT2D eigenvalue weighted by Crippen LogP contribution is 2.20. The van der Waals surface area contributed by atoms with Crippen LogP contribution < -0.4 is 0 Å². The van der Waals surface area contributed by atoms with Gasteiger partial charge in [-0.1, -0.05) is 6.08 Å². The predicted molar refractivity (Wildman–Crippen MR) is 66.8 cm³/mol. The molecule has 0 radical (unpaired) electrons. The minimum absolute atomic E-state index is 0.116. The first-order valence-corrected chi connectivity index (χ1v) is 6.16. The van der Waals surface area contributed by atoms with Crippen molar-refractivity contribution in [1.82, 2.24) is 4.90 Å². The number of rotatable bonds is 4. The fraction of sp³-hybridized carbons (Fsp3) is 0.769. The van der Waals surface area contributed by atoms with Crippen molar-refractivity contribution in [2.75, 3.05) is 26.2 Å². The minimum Gasteiger partial charge on any atom is -0.463 e. The van der Waals surface area contributed by atoms with Gasteiger partial charge in [-0.3, -0.25) is 4.90 Å². The first-order valence-electron chi connectivity index (χ1n) is 6.16. The van der Waals surface area contributed by atoms with Gasteiger partial charge in [0.1, 0.15) is 0 Å². The van der Waals surface area contributed by atoms with Gasteiger partial charge in [0.05, 0.1) is 18.3 Å². The number of esters is 1. The Morgan fingerprint density at radius 3 is 2.88 bits per heavy atom. The van der Waals surface area contributed by atoms with Crippen LogP contribution in [-0.2, 0) is 14.3 Å². The lowest BCUT2D eigenvalue weighted by atomic mass is 10.1. The van der Waals surface area contributed by atoms with Gasteiger partial charge in [-0.05, 0) is 27.7 Å². The van der Waals surface area contributed by atoms with Crippen molar-refractivity contribution in [3.8, 4) is 0 Å². The molecular formula is C13H23NO3. The van der Waals surface area contributed by atoms with E-state index >= 15 is 0 Å². The summed E-state index contributed by atoms with van der Waals surface area (Å²) >= 11 is 0. The standard InChI is InChI=1S/C13H23NO3/c1-5-16-12(15)7-6-8-14-9-11(2)17-13(3,4)10-14/h6-7,11H,5,8-10H2,1-4H3/b7-6+. The van der Waals surface area contributed by atoms with Gasteiger partial charge >= 0.3 is 5.97 Å². The van der Waals surface area contributed by atoms with Crippen LogP contribution in [0.2, 0.25) is 0 Å². The lowest BCUT2D eigenvalue weighted by molar-refractivity contribution is -0.137. The largest absolute Gasteiger partial charge is 0.463 e. The van der Waals surface area contributed by atoms with E-state index in [1.54, 1.807) is 6.92 Å². The number of morpholine rings is 1. The molecule has 1 unspecified atom stereocenters. The van der Waals surface area contributed by atoms with E-state index in [2.05, 4.69) is 25.7 Å². The summed E-state index contributed by atoms with van der Waals surface area (Å²) in [6, 6.07) is 0. The van der Waals surface area contributed by atoms with Crippen LogP contribution in [0.25, 0.3) is 0 Å². The maximum Gasteiger partial charge on any atom is 0.330 e. The van der Waals surface area contributed by atoms with Gasteiger partial charge in [0, 0.05) is 25.7 Å². The summed E-state index contributed by atoms with van der Waals surface area (Å²) in [5.41, 5.74) is -0.116. The van der Waals surface area contributed by atoms with E-state index in [4.69, 9.17) is 9.47 Å². The van der Waals surface area contributed by atoms with Crippen molar-refractivity contribution < 1.29 is 14.3 Å². The summed E-state index contributed by atoms with van der Waals surface area (Å²) < 4.78 is 10.6. The first-order chi connectivity index (χ1) is 7.93. The van der Waals surface area contributed by atoms with E-state index in [1.807, 2.05) is 6.08 Å². The quantitative estimate of drug-likeness (QED) is 0.553. The van der Waals surface area contributed by atoms with Gasteiger partial charge in [-0.25, -0.2) is 4.79 Å². The minimum atomic E-state index is -0.270. The van der Waals surface area contributed by atoms with E-state index in [9.17, 15) is 4.79 Å². The van der Waals surface area contributed by atoms with Crippen LogP contribution in [0.1, 0.15) is 27.7 Å². The molecule has 0 aromatic carbocycles. The van der Waals surface area contributed by atoms with Gasteiger partial charge in [0.15, 0.2) is 0 Å². The van der Waals surface area contributed by atoms with Crippen molar-refractivity contribution in [1.29, 1.82) is 0 Å². The summed E-state index contributed by atoms with van der Waals surface area (Å²) in [7, 11) is 0. The molecule has 0 aromatic heterocycles. The number of hydrogen-bond donors (Lipinski definition) is 0. The molecule has 1 aliphatic heterocycles. The highest BCUT2D eigenvalue weighted by atomic mass is 16.5. The molecule has 1 saturated heterocycles. The van der Waals surface area contributed by atoms with Crippen molar-refractivity contribution in [2.24, 2.45) is 0 Å². The highest BCUT2D eigenvalue weighted by molar-refractivity contribution is 5.81. The number of carbonyl (C=O) groups is 1. The number of nitrogens with zero attached hydrogens (tertiary/aromatic N) is 1. The monoisotopic (exact) mass is 241 g/mol. The third kappa shape index (κ3) is 5.33. The molecule has 0 N–H and O–H groups in total. The second kappa shape index (κ2) is 6.17. The molecule has 1 heterocycles. The molecule has 0 bridgehead atoms. The van der Waals surface area contributed by atoms with Crippen molar-refractivity contribution >= 4 is 5.97 Å². The molecule has 1 atom stereocenters. The zero-order chi connectivity index (χ0) is 12.9. The van der Waals surface area contributed by atoms with Gasteiger partial charge < -0.3 is 9.47 Å². The smallest absolute Gasteiger partial charge is 0.330 e. The second-order valence-electron chi connectivity index (χ2n) is 5.04. The SMILES string of the molecule is CCOC(=O)/C=C/CN1CC(C)OC(C)(C)C1. The zero-order valence-corrected chi connectivity index (χ0v) is 11.2. The Kier molecular flexibility index (Phi) is 5.15.